The number of rotatable bonds is 4. The van der Waals surface area contributed by atoms with E-state index in [1.165, 1.54) is 4.90 Å². The maximum atomic E-state index is 11.7. The van der Waals surface area contributed by atoms with E-state index in [2.05, 4.69) is 10.3 Å². The molecule has 0 unspecified atom stereocenters. The van der Waals surface area contributed by atoms with Gasteiger partial charge in [0.25, 0.3) is 0 Å². The number of amides is 3. The van der Waals surface area contributed by atoms with Crippen molar-refractivity contribution in [2.24, 2.45) is 0 Å². The second kappa shape index (κ2) is 6.85. The van der Waals surface area contributed by atoms with Crippen LogP contribution in [-0.2, 0) is 11.3 Å². The zero-order valence-corrected chi connectivity index (χ0v) is 10.3. The summed E-state index contributed by atoms with van der Waals surface area (Å²) in [5.41, 5.74) is 0.767. The van der Waals surface area contributed by atoms with Crippen molar-refractivity contribution in [2.45, 2.75) is 13.5 Å². The van der Waals surface area contributed by atoms with Gasteiger partial charge < -0.3 is 4.90 Å². The lowest BCUT2D eigenvalue weighted by molar-refractivity contribution is -0.117. The number of pyridine rings is 1. The van der Waals surface area contributed by atoms with Gasteiger partial charge in [-0.05, 0) is 19.1 Å². The van der Waals surface area contributed by atoms with Crippen LogP contribution in [0.15, 0.2) is 24.4 Å². The second-order valence-electron chi connectivity index (χ2n) is 3.32. The number of hydrogen-bond donors (Lipinski definition) is 1. The van der Waals surface area contributed by atoms with Crippen LogP contribution in [0.25, 0.3) is 0 Å². The molecular formula is C11H14ClN3O2. The lowest BCUT2D eigenvalue weighted by atomic mass is 10.3. The molecule has 0 saturated heterocycles. The molecule has 0 bridgehead atoms. The van der Waals surface area contributed by atoms with Crippen molar-refractivity contribution in [1.29, 1.82) is 0 Å². The quantitative estimate of drug-likeness (QED) is 0.827. The molecule has 5 nitrogen and oxygen atoms in total. The number of carbonyl (C=O) groups excluding carboxylic acids is 2. The Bertz CT molecular complexity index is 384. The Balaban J connectivity index is 2.59. The van der Waals surface area contributed by atoms with E-state index in [-0.39, 0.29) is 5.88 Å². The minimum atomic E-state index is -0.504. The van der Waals surface area contributed by atoms with Crippen LogP contribution in [0.2, 0.25) is 0 Å². The Morgan fingerprint density at radius 2 is 2.24 bits per heavy atom. The number of carbonyl (C=O) groups is 2. The van der Waals surface area contributed by atoms with Gasteiger partial charge in [-0.2, -0.15) is 0 Å². The van der Waals surface area contributed by atoms with E-state index >= 15 is 0 Å². The summed E-state index contributed by atoms with van der Waals surface area (Å²) in [5.74, 6) is -0.733. The van der Waals surface area contributed by atoms with Crippen LogP contribution in [-0.4, -0.2) is 34.2 Å². The van der Waals surface area contributed by atoms with Gasteiger partial charge in [-0.1, -0.05) is 6.07 Å². The van der Waals surface area contributed by atoms with Gasteiger partial charge in [0.2, 0.25) is 5.91 Å². The third-order valence-corrected chi connectivity index (χ3v) is 2.36. The molecule has 0 spiro atoms. The predicted octanol–water partition coefficient (Wildman–Crippen LogP) is 1.38. The van der Waals surface area contributed by atoms with Crippen LogP contribution in [0.1, 0.15) is 12.6 Å². The van der Waals surface area contributed by atoms with E-state index in [9.17, 15) is 9.59 Å². The van der Waals surface area contributed by atoms with Crippen molar-refractivity contribution in [1.82, 2.24) is 15.2 Å². The third-order valence-electron chi connectivity index (χ3n) is 2.12. The number of alkyl halides is 1. The molecule has 1 aromatic rings. The lowest BCUT2D eigenvalue weighted by Crippen LogP contribution is -2.43. The normalized spacial score (nSPS) is 9.76. The average molecular weight is 256 g/mol. The maximum absolute atomic E-state index is 11.7. The van der Waals surface area contributed by atoms with E-state index in [1.807, 2.05) is 19.1 Å². The van der Waals surface area contributed by atoms with E-state index in [4.69, 9.17) is 11.6 Å². The topological polar surface area (TPSA) is 62.3 Å². The minimum absolute atomic E-state index is 0.229. The molecule has 0 atom stereocenters. The van der Waals surface area contributed by atoms with Crippen LogP contribution in [0, 0.1) is 0 Å². The van der Waals surface area contributed by atoms with Gasteiger partial charge in [0.15, 0.2) is 0 Å². The van der Waals surface area contributed by atoms with Crippen molar-refractivity contribution in [2.75, 3.05) is 12.4 Å². The number of urea groups is 1. The first-order valence-corrected chi connectivity index (χ1v) is 5.75. The molecular weight excluding hydrogens is 242 g/mol. The molecule has 0 aliphatic heterocycles. The van der Waals surface area contributed by atoms with E-state index in [0.717, 1.165) is 5.69 Å². The zero-order chi connectivity index (χ0) is 12.7. The van der Waals surface area contributed by atoms with Crippen LogP contribution in [0.3, 0.4) is 0 Å². The predicted molar refractivity (Wildman–Crippen MR) is 64.6 cm³/mol. The molecule has 3 amide bonds. The van der Waals surface area contributed by atoms with Crippen LogP contribution in [0.4, 0.5) is 4.79 Å². The van der Waals surface area contributed by atoms with Crippen molar-refractivity contribution in [3.05, 3.63) is 30.1 Å². The van der Waals surface area contributed by atoms with Gasteiger partial charge in [0.1, 0.15) is 5.88 Å². The summed E-state index contributed by atoms with van der Waals surface area (Å²) in [6.45, 7) is 2.67. The number of hydrogen-bond acceptors (Lipinski definition) is 3. The summed E-state index contributed by atoms with van der Waals surface area (Å²) in [6.07, 6.45) is 1.66. The summed E-state index contributed by atoms with van der Waals surface area (Å²) in [4.78, 5) is 28.2. The fourth-order valence-electron chi connectivity index (χ4n) is 1.25. The highest BCUT2D eigenvalue weighted by atomic mass is 35.5. The number of aromatic nitrogens is 1. The molecule has 1 aromatic heterocycles. The number of imide groups is 1. The number of nitrogens with zero attached hydrogens (tertiary/aromatic N) is 2. The van der Waals surface area contributed by atoms with Crippen LogP contribution < -0.4 is 5.32 Å². The Morgan fingerprint density at radius 3 is 2.76 bits per heavy atom. The van der Waals surface area contributed by atoms with Crippen molar-refractivity contribution in [3.63, 3.8) is 0 Å². The van der Waals surface area contributed by atoms with Gasteiger partial charge in [-0.25, -0.2) is 4.79 Å². The molecule has 1 rings (SSSR count). The Labute approximate surface area is 105 Å². The fraction of sp³-hybridized carbons (Fsp3) is 0.364. The van der Waals surface area contributed by atoms with E-state index < -0.39 is 11.9 Å². The summed E-state index contributed by atoms with van der Waals surface area (Å²) in [5, 5.41) is 2.19. The summed E-state index contributed by atoms with van der Waals surface area (Å²) in [6, 6.07) is 5.01. The lowest BCUT2D eigenvalue weighted by Gasteiger charge is -2.20. The standard InChI is InChI=1S/C11H14ClN3O2/c1-2-15(11(17)14-10(16)7-12)8-9-5-3-4-6-13-9/h3-6H,2,7-8H2,1H3,(H,14,16,17). The monoisotopic (exact) mass is 255 g/mol. The van der Waals surface area contributed by atoms with Gasteiger partial charge in [0.05, 0.1) is 12.2 Å². The highest BCUT2D eigenvalue weighted by Gasteiger charge is 2.14. The van der Waals surface area contributed by atoms with Gasteiger partial charge >= 0.3 is 6.03 Å². The molecule has 0 fully saturated rings. The SMILES string of the molecule is CCN(Cc1ccccn1)C(=O)NC(=O)CCl. The second-order valence-corrected chi connectivity index (χ2v) is 3.59. The Morgan fingerprint density at radius 1 is 1.47 bits per heavy atom. The van der Waals surface area contributed by atoms with Crippen molar-refractivity contribution >= 4 is 23.5 Å². The van der Waals surface area contributed by atoms with Gasteiger partial charge in [0, 0.05) is 12.7 Å². The molecule has 0 aliphatic rings. The zero-order valence-electron chi connectivity index (χ0n) is 9.52. The minimum Gasteiger partial charge on any atom is -0.319 e. The summed E-state index contributed by atoms with van der Waals surface area (Å²) in [7, 11) is 0. The Kier molecular flexibility index (Phi) is 5.42. The van der Waals surface area contributed by atoms with Gasteiger partial charge in [-0.15, -0.1) is 11.6 Å². The smallest absolute Gasteiger partial charge is 0.319 e. The number of nitrogens with one attached hydrogen (secondary N) is 1. The fourth-order valence-corrected chi connectivity index (χ4v) is 1.31. The molecule has 0 aliphatic carbocycles. The summed E-state index contributed by atoms with van der Waals surface area (Å²) >= 11 is 5.31. The molecule has 1 N–H and O–H groups in total. The molecule has 0 saturated carbocycles. The summed E-state index contributed by atoms with van der Waals surface area (Å²) < 4.78 is 0. The van der Waals surface area contributed by atoms with Crippen molar-refractivity contribution in [3.8, 4) is 0 Å². The van der Waals surface area contributed by atoms with E-state index in [1.54, 1.807) is 12.3 Å². The first kappa shape index (κ1) is 13.4. The van der Waals surface area contributed by atoms with Gasteiger partial charge in [-0.3, -0.25) is 15.1 Å². The highest BCUT2D eigenvalue weighted by molar-refractivity contribution is 6.28. The van der Waals surface area contributed by atoms with E-state index in [0.29, 0.717) is 13.1 Å². The molecule has 1 heterocycles. The average Bonchev–Trinajstić information content (AvgIpc) is 2.36. The molecule has 0 aromatic carbocycles. The first-order valence-electron chi connectivity index (χ1n) is 5.22. The maximum Gasteiger partial charge on any atom is 0.324 e. The molecule has 6 heteroatoms. The third kappa shape index (κ3) is 4.40. The molecule has 92 valence electrons. The molecule has 17 heavy (non-hydrogen) atoms. The van der Waals surface area contributed by atoms with Crippen molar-refractivity contribution < 1.29 is 9.59 Å². The van der Waals surface area contributed by atoms with Crippen LogP contribution >= 0.6 is 11.6 Å². The molecule has 0 radical (unpaired) electrons. The number of halogens is 1. The Hall–Kier alpha value is -1.62. The first-order chi connectivity index (χ1) is 8.17. The van der Waals surface area contributed by atoms with Crippen LogP contribution in [0.5, 0.6) is 0 Å². The largest absolute Gasteiger partial charge is 0.324 e. The highest BCUT2D eigenvalue weighted by Crippen LogP contribution is 2.01.